The van der Waals surface area contributed by atoms with Crippen LogP contribution in [-0.2, 0) is 33.8 Å². The summed E-state index contributed by atoms with van der Waals surface area (Å²) in [4.78, 5) is 16.5. The highest BCUT2D eigenvalue weighted by atomic mass is 35.5. The zero-order valence-corrected chi connectivity index (χ0v) is 18.2. The molecule has 0 atom stereocenters. The van der Waals surface area contributed by atoms with Crippen LogP contribution in [0.15, 0.2) is 53.1 Å². The summed E-state index contributed by atoms with van der Waals surface area (Å²) in [6, 6.07) is 15.1. The summed E-state index contributed by atoms with van der Waals surface area (Å²) in [6.45, 7) is 4.76. The fourth-order valence-electron chi connectivity index (χ4n) is 2.86. The van der Waals surface area contributed by atoms with Gasteiger partial charge in [-0.1, -0.05) is 41.0 Å². The number of aromatic nitrogens is 2. The first-order chi connectivity index (χ1) is 15.1. The lowest BCUT2D eigenvalue weighted by atomic mass is 10.1. The Bertz CT molecular complexity index is 959. The molecule has 0 spiro atoms. The van der Waals surface area contributed by atoms with E-state index >= 15 is 0 Å². The number of halogens is 1. The average molecular weight is 444 g/mol. The Kier molecular flexibility index (Phi) is 9.02. The maximum atomic E-state index is 12.2. The molecule has 3 aromatic rings. The van der Waals surface area contributed by atoms with Gasteiger partial charge in [0, 0.05) is 36.6 Å². The largest absolute Gasteiger partial charge is 0.379 e. The van der Waals surface area contributed by atoms with Gasteiger partial charge in [0.25, 0.3) is 0 Å². The SMILES string of the molecule is CCOCCOCc1cccc(CNC(=O)CCc2nc(-c3ccc(Cl)cc3)no2)c1. The van der Waals surface area contributed by atoms with E-state index in [2.05, 4.69) is 15.5 Å². The molecule has 0 saturated carbocycles. The van der Waals surface area contributed by atoms with Gasteiger partial charge in [0.15, 0.2) is 0 Å². The number of aryl methyl sites for hydroxylation is 1. The summed E-state index contributed by atoms with van der Waals surface area (Å²) >= 11 is 5.89. The van der Waals surface area contributed by atoms with Crippen molar-refractivity contribution in [3.63, 3.8) is 0 Å². The zero-order valence-electron chi connectivity index (χ0n) is 17.5. The Labute approximate surface area is 186 Å². The first kappa shape index (κ1) is 22.9. The molecule has 0 aliphatic rings. The minimum Gasteiger partial charge on any atom is -0.379 e. The first-order valence-electron chi connectivity index (χ1n) is 10.2. The molecule has 0 bridgehead atoms. The monoisotopic (exact) mass is 443 g/mol. The first-order valence-corrected chi connectivity index (χ1v) is 10.6. The van der Waals surface area contributed by atoms with Crippen LogP contribution in [0.1, 0.15) is 30.4 Å². The van der Waals surface area contributed by atoms with Gasteiger partial charge < -0.3 is 19.3 Å². The van der Waals surface area contributed by atoms with Crippen LogP contribution in [-0.4, -0.2) is 35.9 Å². The number of benzene rings is 2. The molecule has 0 radical (unpaired) electrons. The minimum absolute atomic E-state index is 0.0791. The maximum Gasteiger partial charge on any atom is 0.227 e. The van der Waals surface area contributed by atoms with Crippen LogP contribution >= 0.6 is 11.6 Å². The fourth-order valence-corrected chi connectivity index (χ4v) is 2.99. The van der Waals surface area contributed by atoms with Crippen molar-refractivity contribution in [1.82, 2.24) is 15.5 Å². The van der Waals surface area contributed by atoms with E-state index < -0.39 is 0 Å². The lowest BCUT2D eigenvalue weighted by Crippen LogP contribution is -2.23. The van der Waals surface area contributed by atoms with Crippen LogP contribution in [0.3, 0.4) is 0 Å². The van der Waals surface area contributed by atoms with Gasteiger partial charge in [-0.15, -0.1) is 0 Å². The van der Waals surface area contributed by atoms with Gasteiger partial charge in [0.05, 0.1) is 19.8 Å². The van der Waals surface area contributed by atoms with Crippen molar-refractivity contribution < 1.29 is 18.8 Å². The van der Waals surface area contributed by atoms with Gasteiger partial charge >= 0.3 is 0 Å². The lowest BCUT2D eigenvalue weighted by molar-refractivity contribution is -0.121. The molecule has 7 nitrogen and oxygen atoms in total. The molecular weight excluding hydrogens is 418 g/mol. The molecule has 8 heteroatoms. The van der Waals surface area contributed by atoms with Crippen molar-refractivity contribution in [1.29, 1.82) is 0 Å². The second-order valence-corrected chi connectivity index (χ2v) is 7.30. The molecule has 1 aromatic heterocycles. The molecule has 3 rings (SSSR count). The van der Waals surface area contributed by atoms with Crippen LogP contribution in [0.4, 0.5) is 0 Å². The van der Waals surface area contributed by atoms with E-state index in [-0.39, 0.29) is 12.3 Å². The Hall–Kier alpha value is -2.74. The summed E-state index contributed by atoms with van der Waals surface area (Å²) in [7, 11) is 0. The Morgan fingerprint density at radius 2 is 1.87 bits per heavy atom. The number of ether oxygens (including phenoxy) is 2. The van der Waals surface area contributed by atoms with Crippen LogP contribution in [0.25, 0.3) is 11.4 Å². The lowest BCUT2D eigenvalue weighted by Gasteiger charge is -2.08. The van der Waals surface area contributed by atoms with Crippen molar-refractivity contribution in [2.45, 2.75) is 32.9 Å². The predicted octanol–water partition coefficient (Wildman–Crippen LogP) is 4.19. The molecule has 0 fully saturated rings. The van der Waals surface area contributed by atoms with E-state index in [0.29, 0.717) is 56.1 Å². The van der Waals surface area contributed by atoms with E-state index in [0.717, 1.165) is 16.7 Å². The molecule has 31 heavy (non-hydrogen) atoms. The molecule has 1 N–H and O–H groups in total. The summed E-state index contributed by atoms with van der Waals surface area (Å²) in [6.07, 6.45) is 0.641. The molecule has 0 aliphatic carbocycles. The molecule has 1 heterocycles. The summed E-state index contributed by atoms with van der Waals surface area (Å²) in [5.41, 5.74) is 2.89. The molecular formula is C23H26ClN3O4. The van der Waals surface area contributed by atoms with Crippen molar-refractivity contribution in [3.8, 4) is 11.4 Å². The Morgan fingerprint density at radius 3 is 2.68 bits per heavy atom. The maximum absolute atomic E-state index is 12.2. The number of hydrogen-bond acceptors (Lipinski definition) is 6. The standard InChI is InChI=1S/C23H26ClN3O4/c1-2-29-12-13-30-16-18-5-3-4-17(14-18)15-25-21(28)10-11-22-26-23(27-31-22)19-6-8-20(24)9-7-19/h3-9,14H,2,10-13,15-16H2,1H3,(H,25,28). The van der Waals surface area contributed by atoms with E-state index in [1.54, 1.807) is 12.1 Å². The van der Waals surface area contributed by atoms with Crippen molar-refractivity contribution in [2.24, 2.45) is 0 Å². The molecule has 0 aliphatic heterocycles. The topological polar surface area (TPSA) is 86.5 Å². The Balaban J connectivity index is 1.40. The molecule has 164 valence electrons. The number of nitrogens with one attached hydrogen (secondary N) is 1. The van der Waals surface area contributed by atoms with E-state index in [9.17, 15) is 4.79 Å². The fraction of sp³-hybridized carbons (Fsp3) is 0.348. The smallest absolute Gasteiger partial charge is 0.227 e. The third-order valence-corrected chi connectivity index (χ3v) is 4.71. The van der Waals surface area contributed by atoms with Gasteiger partial charge in [0.2, 0.25) is 17.6 Å². The number of carbonyl (C=O) groups excluding carboxylic acids is 1. The van der Waals surface area contributed by atoms with Crippen molar-refractivity contribution in [3.05, 3.63) is 70.6 Å². The van der Waals surface area contributed by atoms with Crippen molar-refractivity contribution >= 4 is 17.5 Å². The summed E-state index contributed by atoms with van der Waals surface area (Å²) < 4.78 is 16.1. The van der Waals surface area contributed by atoms with E-state index in [4.69, 9.17) is 25.6 Å². The number of nitrogens with zero attached hydrogens (tertiary/aromatic N) is 2. The van der Waals surface area contributed by atoms with Gasteiger partial charge in [-0.25, -0.2) is 0 Å². The van der Waals surface area contributed by atoms with Crippen molar-refractivity contribution in [2.75, 3.05) is 19.8 Å². The van der Waals surface area contributed by atoms with Crippen LogP contribution < -0.4 is 5.32 Å². The molecule has 0 saturated heterocycles. The second-order valence-electron chi connectivity index (χ2n) is 6.86. The third kappa shape index (κ3) is 7.79. The molecule has 1 amide bonds. The zero-order chi connectivity index (χ0) is 21.9. The van der Waals surface area contributed by atoms with Crippen LogP contribution in [0, 0.1) is 0 Å². The second kappa shape index (κ2) is 12.2. The van der Waals surface area contributed by atoms with Gasteiger partial charge in [-0.3, -0.25) is 4.79 Å². The van der Waals surface area contributed by atoms with E-state index in [1.807, 2.05) is 43.3 Å². The normalized spacial score (nSPS) is 10.9. The molecule has 2 aromatic carbocycles. The highest BCUT2D eigenvalue weighted by molar-refractivity contribution is 6.30. The number of amides is 1. The Morgan fingerprint density at radius 1 is 1.10 bits per heavy atom. The summed E-state index contributed by atoms with van der Waals surface area (Å²) in [5, 5.41) is 7.52. The highest BCUT2D eigenvalue weighted by Gasteiger charge is 2.11. The predicted molar refractivity (Wildman–Crippen MR) is 118 cm³/mol. The average Bonchev–Trinajstić information content (AvgIpc) is 3.26. The number of carbonyl (C=O) groups is 1. The number of rotatable bonds is 12. The van der Waals surface area contributed by atoms with E-state index in [1.165, 1.54) is 0 Å². The summed E-state index contributed by atoms with van der Waals surface area (Å²) in [5.74, 6) is 0.822. The third-order valence-electron chi connectivity index (χ3n) is 4.46. The van der Waals surface area contributed by atoms with Crippen LogP contribution in [0.2, 0.25) is 5.02 Å². The molecule has 0 unspecified atom stereocenters. The van der Waals surface area contributed by atoms with Gasteiger partial charge in [0.1, 0.15) is 0 Å². The van der Waals surface area contributed by atoms with Crippen LogP contribution in [0.5, 0.6) is 0 Å². The minimum atomic E-state index is -0.0791. The quantitative estimate of drug-likeness (QED) is 0.422. The highest BCUT2D eigenvalue weighted by Crippen LogP contribution is 2.19. The van der Waals surface area contributed by atoms with Gasteiger partial charge in [-0.2, -0.15) is 4.98 Å². The number of hydrogen-bond donors (Lipinski definition) is 1. The van der Waals surface area contributed by atoms with Gasteiger partial charge in [-0.05, 0) is 42.3 Å².